The number of nitrogens with zero attached hydrogens (tertiary/aromatic N) is 13. The number of benzene rings is 2. The number of rotatable bonds is 11. The van der Waals surface area contributed by atoms with E-state index >= 15 is 0 Å². The molecule has 0 fully saturated rings. The lowest BCUT2D eigenvalue weighted by Crippen LogP contribution is -2.30. The summed E-state index contributed by atoms with van der Waals surface area (Å²) < 4.78 is 59.2. The van der Waals surface area contributed by atoms with Gasteiger partial charge in [0.2, 0.25) is 11.9 Å². The molecule has 2 aromatic carbocycles. The minimum Gasteiger partial charge on any atom is -0.423 e. The van der Waals surface area contributed by atoms with Crippen LogP contribution in [0.1, 0.15) is 68.3 Å². The van der Waals surface area contributed by atoms with E-state index in [1.807, 2.05) is 44.3 Å². The predicted octanol–water partition coefficient (Wildman–Crippen LogP) is 10.0. The van der Waals surface area contributed by atoms with E-state index in [0.29, 0.717) is 61.0 Å². The second-order valence-electron chi connectivity index (χ2n) is 17.1. The lowest BCUT2D eigenvalue weighted by Gasteiger charge is -2.12. The Hall–Kier alpha value is -8.45. The molecule has 6 N–H and O–H groups in total. The lowest BCUT2D eigenvalue weighted by molar-refractivity contribution is 0.425. The first-order valence-corrected chi connectivity index (χ1v) is 26.0. The fraction of sp³-hybridized carbons (Fsp3) is 0.161. The van der Waals surface area contributed by atoms with Crippen LogP contribution >= 0.6 is 31.9 Å². The second kappa shape index (κ2) is 27.4. The largest absolute Gasteiger partial charge is 0.488 e. The van der Waals surface area contributed by atoms with Crippen LogP contribution in [0, 0.1) is 23.3 Å². The summed E-state index contributed by atoms with van der Waals surface area (Å²) in [5.74, 6) is -0.632. The van der Waals surface area contributed by atoms with Gasteiger partial charge in [0, 0.05) is 63.7 Å². The fourth-order valence-corrected chi connectivity index (χ4v) is 8.68. The Morgan fingerprint density at radius 1 is 0.512 bits per heavy atom. The normalized spacial score (nSPS) is 10.7. The lowest BCUT2D eigenvalue weighted by atomic mass is 9.80. The average Bonchev–Trinajstić information content (AvgIpc) is 4.16. The number of aryl methyl sites for hydroxylation is 3. The number of anilines is 2. The minimum absolute atomic E-state index is 0. The number of fused-ring (bicyclic) bond motifs is 2. The molecule has 0 aliphatic rings. The maximum atomic E-state index is 14.2. The Labute approximate surface area is 474 Å². The number of nitrogen functional groups attached to an aromatic ring is 2. The van der Waals surface area contributed by atoms with Crippen LogP contribution in [0.5, 0.6) is 0 Å². The summed E-state index contributed by atoms with van der Waals surface area (Å²) >= 11 is 6.82. The zero-order valence-electron chi connectivity index (χ0n) is 42.5. The Kier molecular flexibility index (Phi) is 20.3. The van der Waals surface area contributed by atoms with E-state index in [9.17, 15) is 17.6 Å². The topological polar surface area (TPSA) is 243 Å². The van der Waals surface area contributed by atoms with Crippen molar-refractivity contribution < 1.29 is 27.6 Å². The van der Waals surface area contributed by atoms with Crippen LogP contribution in [0.15, 0.2) is 149 Å². The van der Waals surface area contributed by atoms with Crippen LogP contribution in [-0.4, -0.2) is 81.3 Å². The summed E-state index contributed by atoms with van der Waals surface area (Å²) in [5.41, 5.74) is 20.9. The number of nitrogens with two attached hydrogens (primary N) is 2. The van der Waals surface area contributed by atoms with E-state index in [2.05, 4.69) is 93.8 Å². The molecule has 0 radical (unpaired) electrons. The Balaban J connectivity index is 0.000000173. The van der Waals surface area contributed by atoms with Crippen molar-refractivity contribution in [3.05, 3.63) is 213 Å². The van der Waals surface area contributed by atoms with Crippen molar-refractivity contribution in [3.63, 3.8) is 0 Å². The molecule has 11 rings (SSSR count). The average molecular weight is 1210 g/mol. The van der Waals surface area contributed by atoms with Gasteiger partial charge in [-0.1, -0.05) is 44.1 Å². The summed E-state index contributed by atoms with van der Waals surface area (Å²) in [7, 11) is -1.39. The molecule has 9 aromatic heterocycles. The quantitative estimate of drug-likeness (QED) is 0.0695. The van der Waals surface area contributed by atoms with Crippen molar-refractivity contribution in [2.24, 2.45) is 0 Å². The fourth-order valence-electron chi connectivity index (χ4n) is 7.72. The molecule has 0 bridgehead atoms. The molecule has 408 valence electrons. The summed E-state index contributed by atoms with van der Waals surface area (Å²) in [6, 6.07) is 28.6. The maximum Gasteiger partial charge on any atom is 0.488 e. The third-order valence-corrected chi connectivity index (χ3v) is 12.9. The van der Waals surface area contributed by atoms with E-state index in [0.717, 1.165) is 46.4 Å². The third kappa shape index (κ3) is 14.6. The SMILES string of the molecule is C.CCc1cc(-c2c(-c3ccc(F)cc3)nc(N)n3nc(Cc4ncccc4F)nc23)ccn1.CCc1cc(B(O)O)ccn1.CCc1cc(Br)ccn1.Nc1nc(-c2ccc(F)cc2)c(Br)c2nc(Cc3ncccc3F)nn12. The number of pyridine rings is 5. The van der Waals surface area contributed by atoms with Crippen molar-refractivity contribution in [1.29, 1.82) is 0 Å². The summed E-state index contributed by atoms with van der Waals surface area (Å²) in [6.07, 6.45) is 10.9. The summed E-state index contributed by atoms with van der Waals surface area (Å²) in [5, 5.41) is 26.3. The van der Waals surface area contributed by atoms with E-state index in [1.165, 1.54) is 70.0 Å². The first kappa shape index (κ1) is 59.2. The summed E-state index contributed by atoms with van der Waals surface area (Å²) in [4.78, 5) is 38.6. The Morgan fingerprint density at radius 3 is 1.48 bits per heavy atom. The van der Waals surface area contributed by atoms with Crippen LogP contribution in [-0.2, 0) is 32.1 Å². The van der Waals surface area contributed by atoms with Gasteiger partial charge in [-0.3, -0.25) is 24.9 Å². The molecule has 24 heteroatoms. The molecule has 11 aromatic rings. The van der Waals surface area contributed by atoms with Crippen molar-refractivity contribution in [2.75, 3.05) is 11.5 Å². The monoisotopic (exact) mass is 1210 g/mol. The highest BCUT2D eigenvalue weighted by molar-refractivity contribution is 9.11. The molecule has 9 heterocycles. The molecule has 17 nitrogen and oxygen atoms in total. The van der Waals surface area contributed by atoms with E-state index in [1.54, 1.807) is 48.8 Å². The molecular formula is C56H52BBr2F4N15O2. The number of aromatic nitrogens is 13. The minimum atomic E-state index is -1.39. The number of halogens is 6. The molecule has 0 amide bonds. The van der Waals surface area contributed by atoms with Gasteiger partial charge in [0.05, 0.1) is 45.7 Å². The molecule has 80 heavy (non-hydrogen) atoms. The highest BCUT2D eigenvalue weighted by Gasteiger charge is 2.22. The van der Waals surface area contributed by atoms with Crippen LogP contribution in [0.4, 0.5) is 29.5 Å². The molecule has 0 aliphatic carbocycles. The number of hydrogen-bond acceptors (Lipinski definition) is 15. The van der Waals surface area contributed by atoms with Crippen LogP contribution in [0.2, 0.25) is 0 Å². The van der Waals surface area contributed by atoms with Crippen LogP contribution in [0.3, 0.4) is 0 Å². The Bertz CT molecular complexity index is 3880. The van der Waals surface area contributed by atoms with Gasteiger partial charge in [-0.05, 0) is 155 Å². The van der Waals surface area contributed by atoms with Gasteiger partial charge in [0.25, 0.3) is 0 Å². The van der Waals surface area contributed by atoms with Gasteiger partial charge in [-0.15, -0.1) is 10.2 Å². The van der Waals surface area contributed by atoms with Crippen LogP contribution in [0.25, 0.3) is 44.9 Å². The van der Waals surface area contributed by atoms with Gasteiger partial charge in [0.15, 0.2) is 22.9 Å². The van der Waals surface area contributed by atoms with Gasteiger partial charge in [-0.2, -0.15) is 9.03 Å². The van der Waals surface area contributed by atoms with E-state index < -0.39 is 18.8 Å². The first-order chi connectivity index (χ1) is 38.1. The van der Waals surface area contributed by atoms with Gasteiger partial charge in [-0.25, -0.2) is 37.5 Å². The molecule has 0 saturated heterocycles. The second-order valence-corrected chi connectivity index (χ2v) is 18.8. The first-order valence-electron chi connectivity index (χ1n) is 24.5. The van der Waals surface area contributed by atoms with Gasteiger partial charge in [0.1, 0.15) is 23.3 Å². The standard InChI is InChI=1S/C24H19F2N7.C17H11BrF2N6.C7H10BNO2.C7H8BrN.CH4/c1-2-17-12-15(9-11-28-17)21-22(14-5-7-16(25)8-6-14)31-24(27)33-23(21)30-20(32-33)13-19-18(26)4-3-10-29-19;18-14-15(9-3-5-10(19)6-4-9)24-17(21)26-16(14)23-13(25-26)8-12-11(20)2-1-7-22-12;1-2-7-5-6(8(10)11)3-4-9-7;1-2-7-5-6(8)3-4-9-7;/h3-12H,2,13H2,1H3,(H2,27,31);1-7H,8H2,(H2,21,24);3-5,10-11H,2H2,1H3;3-5H,2H2,1H3;1H4. The zero-order valence-corrected chi connectivity index (χ0v) is 45.7. The Morgan fingerprint density at radius 2 is 0.975 bits per heavy atom. The molecular weight excluding hydrogens is 1160 g/mol. The molecule has 0 aliphatic heterocycles. The molecule has 0 unspecified atom stereocenters. The number of hydrogen-bond donors (Lipinski definition) is 4. The highest BCUT2D eigenvalue weighted by atomic mass is 79.9. The zero-order chi connectivity index (χ0) is 56.2. The molecule has 0 atom stereocenters. The smallest absolute Gasteiger partial charge is 0.423 e. The van der Waals surface area contributed by atoms with Crippen LogP contribution < -0.4 is 16.9 Å². The summed E-state index contributed by atoms with van der Waals surface area (Å²) in [6.45, 7) is 6.07. The van der Waals surface area contributed by atoms with Gasteiger partial charge >= 0.3 is 7.12 Å². The van der Waals surface area contributed by atoms with Crippen molar-refractivity contribution >= 4 is 67.6 Å². The molecule has 0 saturated carbocycles. The third-order valence-electron chi connectivity index (χ3n) is 11.7. The molecule has 0 spiro atoms. The predicted molar refractivity (Wildman–Crippen MR) is 307 cm³/mol. The maximum absolute atomic E-state index is 14.2. The van der Waals surface area contributed by atoms with E-state index in [-0.39, 0.29) is 55.2 Å². The van der Waals surface area contributed by atoms with E-state index in [4.69, 9.17) is 21.5 Å². The highest BCUT2D eigenvalue weighted by Crippen LogP contribution is 2.36. The van der Waals surface area contributed by atoms with Gasteiger partial charge < -0.3 is 21.5 Å². The van der Waals surface area contributed by atoms with Crippen molar-refractivity contribution in [2.45, 2.75) is 60.3 Å². The van der Waals surface area contributed by atoms with Crippen molar-refractivity contribution in [1.82, 2.24) is 64.1 Å². The van der Waals surface area contributed by atoms with Crippen molar-refractivity contribution in [3.8, 4) is 33.6 Å².